The maximum atomic E-state index is 12.6. The lowest BCUT2D eigenvalue weighted by molar-refractivity contribution is -0.114. The molecule has 128 valence electrons. The van der Waals surface area contributed by atoms with Crippen molar-refractivity contribution in [1.82, 2.24) is 4.98 Å². The van der Waals surface area contributed by atoms with E-state index in [1.807, 2.05) is 42.8 Å². The van der Waals surface area contributed by atoms with Crippen molar-refractivity contribution in [3.8, 4) is 10.6 Å². The Morgan fingerprint density at radius 2 is 1.92 bits per heavy atom. The van der Waals surface area contributed by atoms with Crippen LogP contribution in [-0.2, 0) is 4.79 Å². The Kier molecular flexibility index (Phi) is 4.96. The third kappa shape index (κ3) is 3.94. The average molecular weight is 371 g/mol. The quantitative estimate of drug-likeness (QED) is 0.698. The summed E-state index contributed by atoms with van der Waals surface area (Å²) in [5, 5.41) is 10.5. The van der Waals surface area contributed by atoms with Crippen molar-refractivity contribution >= 4 is 45.9 Å². The summed E-state index contributed by atoms with van der Waals surface area (Å²) in [4.78, 5) is 29.0. The monoisotopic (exact) mass is 371 g/mol. The van der Waals surface area contributed by atoms with Gasteiger partial charge in [0.15, 0.2) is 0 Å². The molecule has 0 atom stereocenters. The predicted molar refractivity (Wildman–Crippen MR) is 104 cm³/mol. The second-order valence-electron chi connectivity index (χ2n) is 5.61. The molecule has 2 heterocycles. The van der Waals surface area contributed by atoms with Gasteiger partial charge in [-0.05, 0) is 43.0 Å². The van der Waals surface area contributed by atoms with Gasteiger partial charge in [-0.1, -0.05) is 6.07 Å². The largest absolute Gasteiger partial charge is 0.326 e. The number of carbonyl (C=O) groups is 2. The fourth-order valence-electron chi connectivity index (χ4n) is 2.33. The number of benzene rings is 1. The molecule has 0 saturated heterocycles. The normalized spacial score (nSPS) is 10.5. The zero-order valence-electron chi connectivity index (χ0n) is 14.0. The van der Waals surface area contributed by atoms with Gasteiger partial charge in [0.25, 0.3) is 5.91 Å². The van der Waals surface area contributed by atoms with E-state index in [0.717, 1.165) is 16.1 Å². The number of rotatable bonds is 4. The highest BCUT2D eigenvalue weighted by molar-refractivity contribution is 7.17. The Hall–Kier alpha value is -2.51. The number of thiazole rings is 1. The third-order valence-corrected chi connectivity index (χ3v) is 5.47. The number of hydrogen-bond acceptors (Lipinski definition) is 5. The summed E-state index contributed by atoms with van der Waals surface area (Å²) in [6.45, 7) is 5.19. The zero-order valence-corrected chi connectivity index (χ0v) is 15.7. The molecule has 0 unspecified atom stereocenters. The van der Waals surface area contributed by atoms with Crippen LogP contribution in [0, 0.1) is 13.8 Å². The first kappa shape index (κ1) is 17.3. The molecular formula is C18H17N3O2S2. The van der Waals surface area contributed by atoms with Crippen LogP contribution in [0.1, 0.15) is 27.9 Å². The van der Waals surface area contributed by atoms with Crippen LogP contribution in [0.5, 0.6) is 0 Å². The van der Waals surface area contributed by atoms with Gasteiger partial charge >= 0.3 is 0 Å². The van der Waals surface area contributed by atoms with Crippen LogP contribution >= 0.6 is 22.7 Å². The van der Waals surface area contributed by atoms with Gasteiger partial charge in [0.05, 0.1) is 5.69 Å². The Morgan fingerprint density at radius 3 is 2.60 bits per heavy atom. The second-order valence-corrected chi connectivity index (χ2v) is 7.39. The first-order chi connectivity index (χ1) is 11.9. The molecule has 25 heavy (non-hydrogen) atoms. The minimum Gasteiger partial charge on any atom is -0.326 e. The van der Waals surface area contributed by atoms with E-state index < -0.39 is 0 Å². The summed E-state index contributed by atoms with van der Waals surface area (Å²) in [6, 6.07) is 7.42. The molecular weight excluding hydrogens is 354 g/mol. The third-order valence-electron chi connectivity index (χ3n) is 3.58. The maximum Gasteiger partial charge on any atom is 0.267 e. The molecule has 7 heteroatoms. The lowest BCUT2D eigenvalue weighted by Crippen LogP contribution is -2.13. The van der Waals surface area contributed by atoms with Crippen molar-refractivity contribution in [3.05, 3.63) is 51.2 Å². The first-order valence-electron chi connectivity index (χ1n) is 7.63. The number of hydrogen-bond donors (Lipinski definition) is 2. The van der Waals surface area contributed by atoms with Crippen molar-refractivity contribution < 1.29 is 9.59 Å². The van der Waals surface area contributed by atoms with E-state index in [-0.39, 0.29) is 11.8 Å². The van der Waals surface area contributed by atoms with Gasteiger partial charge in [-0.15, -0.1) is 11.3 Å². The first-order valence-corrected chi connectivity index (χ1v) is 9.39. The van der Waals surface area contributed by atoms with Crippen molar-refractivity contribution in [2.45, 2.75) is 20.8 Å². The molecule has 0 spiro atoms. The zero-order chi connectivity index (χ0) is 18.0. The van der Waals surface area contributed by atoms with Crippen LogP contribution < -0.4 is 10.6 Å². The highest BCUT2D eigenvalue weighted by atomic mass is 32.1. The van der Waals surface area contributed by atoms with Crippen LogP contribution in [0.15, 0.2) is 35.0 Å². The van der Waals surface area contributed by atoms with E-state index in [0.29, 0.717) is 21.9 Å². The second kappa shape index (κ2) is 7.16. The van der Waals surface area contributed by atoms with Crippen molar-refractivity contribution in [2.24, 2.45) is 0 Å². The SMILES string of the molecule is CC(=O)Nc1cc(NC(=O)c2sc(-c3ccsc3)nc2C)ccc1C. The summed E-state index contributed by atoms with van der Waals surface area (Å²) < 4.78 is 0. The number of amides is 2. The molecule has 3 rings (SSSR count). The molecule has 0 aliphatic carbocycles. The standard InChI is InChI=1S/C18H17N3O2S2/c1-10-4-5-14(8-15(10)20-12(3)22)21-17(23)16-11(2)19-18(25-16)13-6-7-24-9-13/h4-9H,1-3H3,(H,20,22)(H,21,23). The number of nitrogens with one attached hydrogen (secondary N) is 2. The highest BCUT2D eigenvalue weighted by Gasteiger charge is 2.17. The van der Waals surface area contributed by atoms with Gasteiger partial charge in [0.2, 0.25) is 5.91 Å². The molecule has 0 radical (unpaired) electrons. The number of aromatic nitrogens is 1. The molecule has 3 aromatic rings. The Morgan fingerprint density at radius 1 is 1.12 bits per heavy atom. The lowest BCUT2D eigenvalue weighted by atomic mass is 10.1. The maximum absolute atomic E-state index is 12.6. The van der Waals surface area contributed by atoms with Crippen LogP contribution in [0.25, 0.3) is 10.6 Å². The average Bonchev–Trinajstić information content (AvgIpc) is 3.19. The molecule has 0 aliphatic heterocycles. The van der Waals surface area contributed by atoms with Crippen molar-refractivity contribution in [3.63, 3.8) is 0 Å². The Balaban J connectivity index is 1.82. The van der Waals surface area contributed by atoms with Crippen LogP contribution in [-0.4, -0.2) is 16.8 Å². The molecule has 0 fully saturated rings. The van der Waals surface area contributed by atoms with Gasteiger partial charge in [0, 0.05) is 29.2 Å². The summed E-state index contributed by atoms with van der Waals surface area (Å²) in [6.07, 6.45) is 0. The molecule has 2 aromatic heterocycles. The molecule has 5 nitrogen and oxygen atoms in total. The smallest absolute Gasteiger partial charge is 0.267 e. The Bertz CT molecular complexity index is 930. The minimum absolute atomic E-state index is 0.148. The minimum atomic E-state index is -0.200. The molecule has 2 amide bonds. The van der Waals surface area contributed by atoms with E-state index in [1.165, 1.54) is 18.3 Å². The topological polar surface area (TPSA) is 71.1 Å². The number of anilines is 2. The summed E-state index contributed by atoms with van der Waals surface area (Å²) in [7, 11) is 0. The summed E-state index contributed by atoms with van der Waals surface area (Å²) >= 11 is 2.98. The molecule has 0 aliphatic rings. The fourth-order valence-corrected chi connectivity index (χ4v) is 4.00. The predicted octanol–water partition coefficient (Wildman–Crippen LogP) is 4.70. The van der Waals surface area contributed by atoms with Gasteiger partial charge < -0.3 is 10.6 Å². The van der Waals surface area contributed by atoms with Crippen molar-refractivity contribution in [2.75, 3.05) is 10.6 Å². The van der Waals surface area contributed by atoms with Gasteiger partial charge in [-0.3, -0.25) is 9.59 Å². The van der Waals surface area contributed by atoms with E-state index in [9.17, 15) is 9.59 Å². The number of carbonyl (C=O) groups excluding carboxylic acids is 2. The molecule has 0 saturated carbocycles. The van der Waals surface area contributed by atoms with Crippen LogP contribution in [0.4, 0.5) is 11.4 Å². The van der Waals surface area contributed by atoms with E-state index in [2.05, 4.69) is 15.6 Å². The summed E-state index contributed by atoms with van der Waals surface area (Å²) in [5.41, 5.74) is 3.98. The van der Waals surface area contributed by atoms with E-state index in [1.54, 1.807) is 17.4 Å². The number of nitrogens with zero attached hydrogens (tertiary/aromatic N) is 1. The van der Waals surface area contributed by atoms with Crippen LogP contribution in [0.3, 0.4) is 0 Å². The molecule has 0 bridgehead atoms. The fraction of sp³-hybridized carbons (Fsp3) is 0.167. The number of thiophene rings is 1. The molecule has 1 aromatic carbocycles. The molecule has 2 N–H and O–H groups in total. The highest BCUT2D eigenvalue weighted by Crippen LogP contribution is 2.30. The number of aryl methyl sites for hydroxylation is 2. The van der Waals surface area contributed by atoms with Gasteiger partial charge in [-0.25, -0.2) is 4.98 Å². The summed E-state index contributed by atoms with van der Waals surface area (Å²) in [5.74, 6) is -0.348. The van der Waals surface area contributed by atoms with Gasteiger partial charge in [0.1, 0.15) is 9.88 Å². The van der Waals surface area contributed by atoms with E-state index in [4.69, 9.17) is 0 Å². The Labute approximate surface area is 153 Å². The van der Waals surface area contributed by atoms with Crippen molar-refractivity contribution in [1.29, 1.82) is 0 Å². The van der Waals surface area contributed by atoms with Gasteiger partial charge in [-0.2, -0.15) is 11.3 Å². The van der Waals surface area contributed by atoms with E-state index >= 15 is 0 Å². The lowest BCUT2D eigenvalue weighted by Gasteiger charge is -2.10. The van der Waals surface area contributed by atoms with Crippen LogP contribution in [0.2, 0.25) is 0 Å².